The van der Waals surface area contributed by atoms with Gasteiger partial charge in [0.2, 0.25) is 0 Å². The summed E-state index contributed by atoms with van der Waals surface area (Å²) in [5, 5.41) is 0. The van der Waals surface area contributed by atoms with E-state index in [-0.39, 0.29) is 5.41 Å². The summed E-state index contributed by atoms with van der Waals surface area (Å²) in [6, 6.07) is 4.50. The van der Waals surface area contributed by atoms with Gasteiger partial charge in [-0.05, 0) is 74.2 Å². The van der Waals surface area contributed by atoms with Crippen LogP contribution in [-0.2, 0) is 11.8 Å². The highest BCUT2D eigenvalue weighted by Gasteiger charge is 2.19. The van der Waals surface area contributed by atoms with Crippen molar-refractivity contribution in [1.29, 1.82) is 0 Å². The highest BCUT2D eigenvalue weighted by atomic mass is 127. The molecule has 78 valence electrons. The Balaban J connectivity index is 3.39. The molecular formula is C12H16I2. The molecule has 0 aliphatic rings. The topological polar surface area (TPSA) is 0 Å². The largest absolute Gasteiger partial charge is 0.0612 e. The van der Waals surface area contributed by atoms with E-state index in [9.17, 15) is 0 Å². The fourth-order valence-electron chi connectivity index (χ4n) is 1.64. The molecule has 0 atom stereocenters. The van der Waals surface area contributed by atoms with E-state index in [0.717, 1.165) is 6.42 Å². The number of hydrogen-bond donors (Lipinski definition) is 0. The molecule has 1 aromatic rings. The van der Waals surface area contributed by atoms with Gasteiger partial charge in [-0.2, -0.15) is 0 Å². The van der Waals surface area contributed by atoms with E-state index >= 15 is 0 Å². The second-order valence-corrected chi connectivity index (χ2v) is 6.73. The molecule has 0 radical (unpaired) electrons. The third-order valence-electron chi connectivity index (χ3n) is 2.36. The first-order valence-electron chi connectivity index (χ1n) is 4.85. The van der Waals surface area contributed by atoms with Gasteiger partial charge in [0.25, 0.3) is 0 Å². The van der Waals surface area contributed by atoms with Gasteiger partial charge < -0.3 is 0 Å². The Labute approximate surface area is 114 Å². The van der Waals surface area contributed by atoms with Gasteiger partial charge in [0, 0.05) is 7.14 Å². The van der Waals surface area contributed by atoms with E-state index in [0.29, 0.717) is 0 Å². The second-order valence-electron chi connectivity index (χ2n) is 4.49. The van der Waals surface area contributed by atoms with Crippen LogP contribution in [0.25, 0.3) is 0 Å². The first kappa shape index (κ1) is 12.7. The maximum Gasteiger partial charge on any atom is 0.0298 e. The molecule has 1 aromatic carbocycles. The van der Waals surface area contributed by atoms with Gasteiger partial charge >= 0.3 is 0 Å². The van der Waals surface area contributed by atoms with Gasteiger partial charge in [-0.3, -0.25) is 0 Å². The van der Waals surface area contributed by atoms with Gasteiger partial charge in [-0.15, -0.1) is 0 Å². The lowest BCUT2D eigenvalue weighted by atomic mass is 9.83. The highest BCUT2D eigenvalue weighted by molar-refractivity contribution is 14.1. The van der Waals surface area contributed by atoms with Gasteiger partial charge in [0.1, 0.15) is 0 Å². The molecule has 0 bridgehead atoms. The molecule has 0 spiro atoms. The SMILES string of the molecule is CCc1c(C(C)(C)C)ccc(I)c1I. The summed E-state index contributed by atoms with van der Waals surface area (Å²) in [7, 11) is 0. The number of rotatable bonds is 1. The van der Waals surface area contributed by atoms with Crippen molar-refractivity contribution in [2.24, 2.45) is 0 Å². The lowest BCUT2D eigenvalue weighted by Gasteiger charge is -2.24. The molecule has 0 aromatic heterocycles. The summed E-state index contributed by atoms with van der Waals surface area (Å²) in [5.41, 5.74) is 3.27. The Hall–Kier alpha value is 0.680. The third-order valence-corrected chi connectivity index (χ3v) is 5.52. The van der Waals surface area contributed by atoms with Crippen LogP contribution in [0.3, 0.4) is 0 Å². The van der Waals surface area contributed by atoms with E-state index < -0.39 is 0 Å². The smallest absolute Gasteiger partial charge is 0.0298 e. The van der Waals surface area contributed by atoms with Crippen LogP contribution < -0.4 is 0 Å². The van der Waals surface area contributed by atoms with Crippen LogP contribution in [0, 0.1) is 7.14 Å². The van der Waals surface area contributed by atoms with E-state index in [1.165, 1.54) is 18.3 Å². The minimum absolute atomic E-state index is 0.260. The molecule has 0 saturated heterocycles. The average molecular weight is 414 g/mol. The van der Waals surface area contributed by atoms with Crippen molar-refractivity contribution >= 4 is 45.2 Å². The van der Waals surface area contributed by atoms with E-state index in [1.54, 1.807) is 0 Å². The Morgan fingerprint density at radius 2 is 1.71 bits per heavy atom. The van der Waals surface area contributed by atoms with Crippen molar-refractivity contribution in [3.63, 3.8) is 0 Å². The van der Waals surface area contributed by atoms with E-state index in [2.05, 4.69) is 85.0 Å². The van der Waals surface area contributed by atoms with Crippen molar-refractivity contribution in [3.05, 3.63) is 30.4 Å². The minimum atomic E-state index is 0.260. The summed E-state index contributed by atoms with van der Waals surface area (Å²) in [6.45, 7) is 9.09. The van der Waals surface area contributed by atoms with Crippen LogP contribution in [0.2, 0.25) is 0 Å². The maximum atomic E-state index is 2.46. The molecule has 0 aliphatic carbocycles. The molecule has 0 nitrogen and oxygen atoms in total. The lowest BCUT2D eigenvalue weighted by Crippen LogP contribution is -2.15. The first-order valence-corrected chi connectivity index (χ1v) is 7.01. The van der Waals surface area contributed by atoms with Gasteiger partial charge in [-0.1, -0.05) is 33.8 Å². The molecule has 0 aliphatic heterocycles. The van der Waals surface area contributed by atoms with Gasteiger partial charge in [-0.25, -0.2) is 0 Å². The minimum Gasteiger partial charge on any atom is -0.0612 e. The zero-order valence-corrected chi connectivity index (χ0v) is 13.4. The predicted octanol–water partition coefficient (Wildman–Crippen LogP) is 4.76. The predicted molar refractivity (Wildman–Crippen MR) is 80.0 cm³/mol. The molecule has 0 N–H and O–H groups in total. The normalized spacial score (nSPS) is 11.9. The molecule has 2 heteroatoms. The number of hydrogen-bond acceptors (Lipinski definition) is 0. The van der Waals surface area contributed by atoms with Crippen LogP contribution in [0.4, 0.5) is 0 Å². The van der Waals surface area contributed by atoms with Crippen molar-refractivity contribution in [2.75, 3.05) is 0 Å². The summed E-state index contributed by atoms with van der Waals surface area (Å²) < 4.78 is 2.80. The van der Waals surface area contributed by atoms with E-state index in [4.69, 9.17) is 0 Å². The summed E-state index contributed by atoms with van der Waals surface area (Å²) in [5.74, 6) is 0. The Morgan fingerprint density at radius 1 is 1.14 bits per heavy atom. The Kier molecular flexibility index (Phi) is 4.26. The molecule has 0 heterocycles. The summed E-state index contributed by atoms with van der Waals surface area (Å²) >= 11 is 4.87. The highest BCUT2D eigenvalue weighted by Crippen LogP contribution is 2.31. The lowest BCUT2D eigenvalue weighted by molar-refractivity contribution is 0.582. The number of benzene rings is 1. The Bertz CT molecular complexity index is 335. The molecule has 0 unspecified atom stereocenters. The van der Waals surface area contributed by atoms with Crippen LogP contribution in [0.5, 0.6) is 0 Å². The molecule has 0 saturated carbocycles. The van der Waals surface area contributed by atoms with Crippen LogP contribution in [-0.4, -0.2) is 0 Å². The standard InChI is InChI=1S/C12H16I2/c1-5-8-9(12(2,3)4)6-7-10(13)11(8)14/h6-7H,5H2,1-4H3. The average Bonchev–Trinajstić information content (AvgIpc) is 2.07. The van der Waals surface area contributed by atoms with Gasteiger partial charge in [0.15, 0.2) is 0 Å². The van der Waals surface area contributed by atoms with Crippen molar-refractivity contribution in [1.82, 2.24) is 0 Å². The molecule has 0 amide bonds. The van der Waals surface area contributed by atoms with Crippen LogP contribution in [0.1, 0.15) is 38.8 Å². The van der Waals surface area contributed by atoms with E-state index in [1.807, 2.05) is 0 Å². The third kappa shape index (κ3) is 2.62. The second kappa shape index (κ2) is 4.68. The summed E-state index contributed by atoms with van der Waals surface area (Å²) in [4.78, 5) is 0. The van der Waals surface area contributed by atoms with Crippen molar-refractivity contribution in [3.8, 4) is 0 Å². The molecular weight excluding hydrogens is 398 g/mol. The maximum absolute atomic E-state index is 2.46. The zero-order valence-electron chi connectivity index (χ0n) is 9.12. The fourth-order valence-corrected chi connectivity index (χ4v) is 3.00. The summed E-state index contributed by atoms with van der Waals surface area (Å²) in [6.07, 6.45) is 1.13. The Morgan fingerprint density at radius 3 is 2.14 bits per heavy atom. The quantitative estimate of drug-likeness (QED) is 0.582. The van der Waals surface area contributed by atoms with Gasteiger partial charge in [0.05, 0.1) is 0 Å². The van der Waals surface area contributed by atoms with Crippen molar-refractivity contribution < 1.29 is 0 Å². The molecule has 1 rings (SSSR count). The van der Waals surface area contributed by atoms with Crippen LogP contribution in [0.15, 0.2) is 12.1 Å². The first-order chi connectivity index (χ1) is 6.38. The molecule has 0 fully saturated rings. The number of halogens is 2. The van der Waals surface area contributed by atoms with Crippen molar-refractivity contribution in [2.45, 2.75) is 39.5 Å². The fraction of sp³-hybridized carbons (Fsp3) is 0.500. The monoisotopic (exact) mass is 414 g/mol. The zero-order chi connectivity index (χ0) is 10.9. The molecule has 14 heavy (non-hydrogen) atoms. The van der Waals surface area contributed by atoms with Crippen LogP contribution >= 0.6 is 45.2 Å².